The van der Waals surface area contributed by atoms with Gasteiger partial charge in [0.25, 0.3) is 0 Å². The molecule has 0 bridgehead atoms. The van der Waals surface area contributed by atoms with E-state index in [2.05, 4.69) is 67.3 Å². The summed E-state index contributed by atoms with van der Waals surface area (Å²) in [5.41, 5.74) is 2.97. The minimum Gasteiger partial charge on any atom is -0.459 e. The Morgan fingerprint density at radius 3 is 2.71 bits per heavy atom. The van der Waals surface area contributed by atoms with Gasteiger partial charge in [0.2, 0.25) is 0 Å². The number of benzene rings is 1. The number of fused-ring (bicyclic) bond motifs is 1. The molecule has 1 aromatic carbocycles. The Balaban J connectivity index is 2.11. The van der Waals surface area contributed by atoms with Gasteiger partial charge in [-0.25, -0.2) is 0 Å². The van der Waals surface area contributed by atoms with Gasteiger partial charge in [-0.3, -0.25) is 4.98 Å². The van der Waals surface area contributed by atoms with Crippen LogP contribution in [0.25, 0.3) is 11.0 Å². The molecule has 0 aliphatic rings. The number of pyridine rings is 1. The minimum absolute atomic E-state index is 0.0979. The van der Waals surface area contributed by atoms with Crippen molar-refractivity contribution in [3.63, 3.8) is 0 Å². The summed E-state index contributed by atoms with van der Waals surface area (Å²) in [4.78, 5) is 4.50. The van der Waals surface area contributed by atoms with E-state index in [0.29, 0.717) is 0 Å². The van der Waals surface area contributed by atoms with Crippen molar-refractivity contribution in [2.24, 2.45) is 0 Å². The fraction of sp³-hybridized carbons (Fsp3) is 0.188. The highest BCUT2D eigenvalue weighted by molar-refractivity contribution is 9.11. The maximum Gasteiger partial charge on any atom is 0.137 e. The lowest BCUT2D eigenvalue weighted by Gasteiger charge is -2.14. The Labute approximate surface area is 140 Å². The topological polar surface area (TPSA) is 38.1 Å². The molecular formula is C16H14Br2N2O. The summed E-state index contributed by atoms with van der Waals surface area (Å²) >= 11 is 6.99. The van der Waals surface area contributed by atoms with Crippen LogP contribution in [0, 0.1) is 6.92 Å². The van der Waals surface area contributed by atoms with E-state index in [-0.39, 0.29) is 6.04 Å². The molecule has 0 aliphatic heterocycles. The van der Waals surface area contributed by atoms with Crippen LogP contribution in [-0.2, 0) is 0 Å². The number of hydrogen-bond donors (Lipinski definition) is 1. The fourth-order valence-corrected chi connectivity index (χ4v) is 3.64. The molecule has 0 saturated carbocycles. The molecule has 0 radical (unpaired) electrons. The molecule has 3 rings (SSSR count). The Kier molecular flexibility index (Phi) is 4.15. The highest BCUT2D eigenvalue weighted by Crippen LogP contribution is 2.32. The molecule has 2 aromatic heterocycles. The first-order valence-electron chi connectivity index (χ1n) is 6.57. The predicted octanol–water partition coefficient (Wildman–Crippen LogP) is 4.97. The Hall–Kier alpha value is -1.17. The zero-order valence-corrected chi connectivity index (χ0v) is 14.8. The van der Waals surface area contributed by atoms with Gasteiger partial charge >= 0.3 is 0 Å². The second-order valence-electron chi connectivity index (χ2n) is 4.88. The lowest BCUT2D eigenvalue weighted by molar-refractivity contribution is 0.484. The zero-order valence-electron chi connectivity index (χ0n) is 11.7. The first kappa shape index (κ1) is 14.8. The quantitative estimate of drug-likeness (QED) is 0.663. The van der Waals surface area contributed by atoms with Gasteiger partial charge in [0.15, 0.2) is 0 Å². The van der Waals surface area contributed by atoms with Crippen LogP contribution in [0.1, 0.15) is 23.1 Å². The van der Waals surface area contributed by atoms with Crippen LogP contribution in [0.4, 0.5) is 0 Å². The van der Waals surface area contributed by atoms with Crippen molar-refractivity contribution < 1.29 is 4.42 Å². The molecule has 1 unspecified atom stereocenters. The van der Waals surface area contributed by atoms with Crippen molar-refractivity contribution in [3.05, 3.63) is 62.5 Å². The number of furan rings is 1. The van der Waals surface area contributed by atoms with Gasteiger partial charge < -0.3 is 9.73 Å². The van der Waals surface area contributed by atoms with Crippen LogP contribution in [0.3, 0.4) is 0 Å². The predicted molar refractivity (Wildman–Crippen MR) is 91.5 cm³/mol. The first-order valence-corrected chi connectivity index (χ1v) is 8.16. The monoisotopic (exact) mass is 408 g/mol. The molecule has 3 aromatic rings. The molecule has 0 fully saturated rings. The molecule has 21 heavy (non-hydrogen) atoms. The molecule has 1 N–H and O–H groups in total. The standard InChI is InChI=1S/C16H14Br2N2O/c1-9-4-3-5-10-6-13(21-16(9)10)15(19-2)14-12(18)7-11(17)8-20-14/h3-8,15,19H,1-2H3. The molecule has 0 saturated heterocycles. The summed E-state index contributed by atoms with van der Waals surface area (Å²) in [7, 11) is 1.90. The van der Waals surface area contributed by atoms with Crippen LogP contribution in [0.15, 0.2) is 49.9 Å². The van der Waals surface area contributed by atoms with Crippen LogP contribution in [-0.4, -0.2) is 12.0 Å². The van der Waals surface area contributed by atoms with Crippen LogP contribution >= 0.6 is 31.9 Å². The number of rotatable bonds is 3. The Morgan fingerprint density at radius 2 is 2.05 bits per heavy atom. The number of hydrogen-bond acceptors (Lipinski definition) is 3. The normalized spacial score (nSPS) is 12.8. The van der Waals surface area contributed by atoms with Gasteiger partial charge in [-0.05, 0) is 63.5 Å². The van der Waals surface area contributed by atoms with E-state index in [1.807, 2.05) is 19.2 Å². The Morgan fingerprint density at radius 1 is 1.24 bits per heavy atom. The van der Waals surface area contributed by atoms with E-state index < -0.39 is 0 Å². The lowest BCUT2D eigenvalue weighted by atomic mass is 10.1. The smallest absolute Gasteiger partial charge is 0.137 e. The van der Waals surface area contributed by atoms with Gasteiger partial charge in [-0.2, -0.15) is 0 Å². The van der Waals surface area contributed by atoms with Crippen molar-refractivity contribution in [1.82, 2.24) is 10.3 Å². The second kappa shape index (κ2) is 5.91. The van der Waals surface area contributed by atoms with Crippen LogP contribution in [0.5, 0.6) is 0 Å². The van der Waals surface area contributed by atoms with Gasteiger partial charge in [-0.1, -0.05) is 18.2 Å². The molecule has 5 heteroatoms. The first-order chi connectivity index (χ1) is 10.1. The van der Waals surface area contributed by atoms with E-state index in [4.69, 9.17) is 4.42 Å². The van der Waals surface area contributed by atoms with Crippen molar-refractivity contribution in [2.75, 3.05) is 7.05 Å². The highest BCUT2D eigenvalue weighted by Gasteiger charge is 2.21. The van der Waals surface area contributed by atoms with E-state index in [1.54, 1.807) is 6.20 Å². The average molecular weight is 410 g/mol. The Bertz CT molecular complexity index is 798. The van der Waals surface area contributed by atoms with Crippen molar-refractivity contribution in [1.29, 1.82) is 0 Å². The number of nitrogens with zero attached hydrogens (tertiary/aromatic N) is 1. The summed E-state index contributed by atoms with van der Waals surface area (Å²) in [6.07, 6.45) is 1.79. The molecule has 1 atom stereocenters. The maximum atomic E-state index is 6.06. The summed E-state index contributed by atoms with van der Waals surface area (Å²) in [6, 6.07) is 10.1. The second-order valence-corrected chi connectivity index (χ2v) is 6.65. The number of para-hydroxylation sites is 1. The number of halogens is 2. The summed E-state index contributed by atoms with van der Waals surface area (Å²) in [5, 5.41) is 4.38. The lowest BCUT2D eigenvalue weighted by Crippen LogP contribution is -2.18. The molecule has 0 aliphatic carbocycles. The van der Waals surface area contributed by atoms with Gasteiger partial charge in [-0.15, -0.1) is 0 Å². The van der Waals surface area contributed by atoms with Gasteiger partial charge in [0.05, 0.1) is 5.69 Å². The molecule has 2 heterocycles. The molecule has 0 amide bonds. The third-order valence-corrected chi connectivity index (χ3v) is 4.51. The van der Waals surface area contributed by atoms with Crippen LogP contribution < -0.4 is 5.32 Å². The number of aryl methyl sites for hydroxylation is 1. The van der Waals surface area contributed by atoms with E-state index >= 15 is 0 Å². The van der Waals surface area contributed by atoms with Gasteiger partial charge in [0, 0.05) is 20.5 Å². The van der Waals surface area contributed by atoms with E-state index in [1.165, 1.54) is 0 Å². The van der Waals surface area contributed by atoms with Crippen molar-refractivity contribution >= 4 is 42.8 Å². The SMILES string of the molecule is CNC(c1cc2cccc(C)c2o1)c1ncc(Br)cc1Br. The number of aromatic nitrogens is 1. The summed E-state index contributed by atoms with van der Waals surface area (Å²) < 4.78 is 7.93. The van der Waals surface area contributed by atoms with Crippen molar-refractivity contribution in [2.45, 2.75) is 13.0 Å². The fourth-order valence-electron chi connectivity index (χ4n) is 2.42. The summed E-state index contributed by atoms with van der Waals surface area (Å²) in [6.45, 7) is 2.05. The van der Waals surface area contributed by atoms with Crippen LogP contribution in [0.2, 0.25) is 0 Å². The van der Waals surface area contributed by atoms with Crippen molar-refractivity contribution in [3.8, 4) is 0 Å². The average Bonchev–Trinajstić information content (AvgIpc) is 2.87. The minimum atomic E-state index is -0.0979. The third kappa shape index (κ3) is 2.78. The third-order valence-electron chi connectivity index (χ3n) is 3.44. The maximum absolute atomic E-state index is 6.06. The molecular weight excluding hydrogens is 396 g/mol. The molecule has 108 valence electrons. The molecule has 3 nitrogen and oxygen atoms in total. The number of nitrogens with one attached hydrogen (secondary N) is 1. The van der Waals surface area contributed by atoms with Gasteiger partial charge in [0.1, 0.15) is 17.4 Å². The van der Waals surface area contributed by atoms with E-state index in [0.717, 1.165) is 36.9 Å². The summed E-state index contributed by atoms with van der Waals surface area (Å²) in [5.74, 6) is 0.859. The zero-order chi connectivity index (χ0) is 15.0. The largest absolute Gasteiger partial charge is 0.459 e. The molecule has 0 spiro atoms. The highest BCUT2D eigenvalue weighted by atomic mass is 79.9. The van der Waals surface area contributed by atoms with E-state index in [9.17, 15) is 0 Å².